The fourth-order valence-corrected chi connectivity index (χ4v) is 3.95. The number of unbranched alkanes of at least 4 members (excludes halogenated alkanes) is 1. The summed E-state index contributed by atoms with van der Waals surface area (Å²) in [5.41, 5.74) is 0.491. The maximum absolute atomic E-state index is 11.7. The zero-order chi connectivity index (χ0) is 18.8. The molecule has 26 heavy (non-hydrogen) atoms. The van der Waals surface area contributed by atoms with E-state index < -0.39 is 0 Å². The second kappa shape index (κ2) is 10.4. The minimum absolute atomic E-state index is 0.0767. The average molecular weight is 361 g/mol. The largest absolute Gasteiger partial charge is 0.357 e. The van der Waals surface area contributed by atoms with E-state index in [1.54, 1.807) is 16.7 Å². The van der Waals surface area contributed by atoms with Crippen LogP contribution in [0.1, 0.15) is 59.3 Å². The number of likely N-dealkylation sites (tertiary alicyclic amines) is 1. The van der Waals surface area contributed by atoms with Crippen molar-refractivity contribution in [3.8, 4) is 0 Å². The molecule has 1 fully saturated rings. The van der Waals surface area contributed by atoms with Crippen LogP contribution in [0, 0.1) is 5.41 Å². The van der Waals surface area contributed by atoms with Gasteiger partial charge in [-0.25, -0.2) is 0 Å². The van der Waals surface area contributed by atoms with Crippen molar-refractivity contribution in [3.05, 3.63) is 34.7 Å². The van der Waals surface area contributed by atoms with Crippen molar-refractivity contribution >= 4 is 5.96 Å². The van der Waals surface area contributed by atoms with Gasteiger partial charge in [0.1, 0.15) is 0 Å². The zero-order valence-electron chi connectivity index (χ0n) is 16.8. The maximum Gasteiger partial charge on any atom is 0.250 e. The van der Waals surface area contributed by atoms with E-state index in [1.807, 2.05) is 12.3 Å². The summed E-state index contributed by atoms with van der Waals surface area (Å²) in [6.07, 6.45) is 8.93. The Morgan fingerprint density at radius 1 is 1.31 bits per heavy atom. The second-order valence-corrected chi connectivity index (χ2v) is 7.76. The highest BCUT2D eigenvalue weighted by molar-refractivity contribution is 5.80. The Morgan fingerprint density at radius 3 is 2.88 bits per heavy atom. The molecule has 0 aliphatic carbocycles. The Bertz CT molecular complexity index is 620. The average Bonchev–Trinajstić information content (AvgIpc) is 2.62. The summed E-state index contributed by atoms with van der Waals surface area (Å²) in [5, 5.41) is 3.47. The fourth-order valence-electron chi connectivity index (χ4n) is 3.95. The molecule has 0 aromatic carbocycles. The van der Waals surface area contributed by atoms with Crippen LogP contribution in [0.25, 0.3) is 0 Å². The first-order valence-corrected chi connectivity index (χ1v) is 10.3. The predicted molar refractivity (Wildman–Crippen MR) is 110 cm³/mol. The molecule has 0 spiro atoms. The van der Waals surface area contributed by atoms with Crippen LogP contribution in [0.2, 0.25) is 0 Å². The Labute approximate surface area is 158 Å². The Morgan fingerprint density at radius 2 is 2.15 bits per heavy atom. The third kappa shape index (κ3) is 6.19. The monoisotopic (exact) mass is 360 g/mol. The van der Waals surface area contributed by atoms with E-state index in [-0.39, 0.29) is 5.56 Å². The maximum atomic E-state index is 11.7. The standard InChI is InChI=1S/C21H36N4O/c1-4-12-21(3)13-10-17-25(18-21)20(22-5-2)23-14-7-9-16-24-15-8-6-11-19(24)26/h6,8,11,15H,4-5,7,9-10,12-14,16-18H2,1-3H3,(H,22,23). The molecular formula is C21H36N4O. The predicted octanol–water partition coefficient (Wildman–Crippen LogP) is 3.50. The third-order valence-electron chi connectivity index (χ3n) is 5.24. The quantitative estimate of drug-likeness (QED) is 0.438. The van der Waals surface area contributed by atoms with Crippen molar-refractivity contribution in [2.45, 2.75) is 65.8 Å². The minimum atomic E-state index is 0.0767. The summed E-state index contributed by atoms with van der Waals surface area (Å²) in [6.45, 7) is 11.5. The van der Waals surface area contributed by atoms with Crippen molar-refractivity contribution < 1.29 is 0 Å². The van der Waals surface area contributed by atoms with Gasteiger partial charge < -0.3 is 14.8 Å². The second-order valence-electron chi connectivity index (χ2n) is 7.76. The summed E-state index contributed by atoms with van der Waals surface area (Å²) < 4.78 is 1.77. The zero-order valence-corrected chi connectivity index (χ0v) is 16.8. The summed E-state index contributed by atoms with van der Waals surface area (Å²) in [5.74, 6) is 1.06. The highest BCUT2D eigenvalue weighted by Crippen LogP contribution is 2.33. The molecule has 0 amide bonds. The van der Waals surface area contributed by atoms with Gasteiger partial charge in [-0.2, -0.15) is 0 Å². The van der Waals surface area contributed by atoms with Gasteiger partial charge in [0.15, 0.2) is 5.96 Å². The molecule has 1 aliphatic rings. The lowest BCUT2D eigenvalue weighted by molar-refractivity contribution is 0.142. The van der Waals surface area contributed by atoms with Crippen molar-refractivity contribution in [1.29, 1.82) is 0 Å². The van der Waals surface area contributed by atoms with Gasteiger partial charge in [-0.3, -0.25) is 9.79 Å². The van der Waals surface area contributed by atoms with E-state index in [0.717, 1.165) is 51.5 Å². The molecule has 5 heteroatoms. The van der Waals surface area contributed by atoms with Crippen LogP contribution in [0.15, 0.2) is 34.2 Å². The number of guanidine groups is 1. The van der Waals surface area contributed by atoms with Crippen LogP contribution >= 0.6 is 0 Å². The van der Waals surface area contributed by atoms with Crippen LogP contribution in [-0.2, 0) is 6.54 Å². The topological polar surface area (TPSA) is 49.6 Å². The van der Waals surface area contributed by atoms with Crippen LogP contribution in [0.5, 0.6) is 0 Å². The van der Waals surface area contributed by atoms with Crippen molar-refractivity contribution in [1.82, 2.24) is 14.8 Å². The molecule has 1 aliphatic heterocycles. The lowest BCUT2D eigenvalue weighted by atomic mass is 9.78. The van der Waals surface area contributed by atoms with Crippen LogP contribution in [0.4, 0.5) is 0 Å². The molecular weight excluding hydrogens is 324 g/mol. The van der Waals surface area contributed by atoms with Gasteiger partial charge in [0, 0.05) is 45.0 Å². The first-order valence-electron chi connectivity index (χ1n) is 10.3. The number of nitrogens with zero attached hydrogens (tertiary/aromatic N) is 3. The minimum Gasteiger partial charge on any atom is -0.357 e. The van der Waals surface area contributed by atoms with E-state index >= 15 is 0 Å². The SMILES string of the molecule is CCCC1(C)CCCN(C(=NCCCCn2ccccc2=O)NCC)C1. The van der Waals surface area contributed by atoms with Gasteiger partial charge in [-0.05, 0) is 50.5 Å². The lowest BCUT2D eigenvalue weighted by Crippen LogP contribution is -2.49. The normalized spacial score (nSPS) is 21.0. The molecule has 2 rings (SSSR count). The van der Waals surface area contributed by atoms with Crippen LogP contribution in [-0.4, -0.2) is 41.6 Å². The molecule has 1 atom stereocenters. The number of rotatable bonds is 8. The van der Waals surface area contributed by atoms with E-state index in [1.165, 1.54) is 25.7 Å². The highest BCUT2D eigenvalue weighted by atomic mass is 16.1. The molecule has 0 radical (unpaired) electrons. The highest BCUT2D eigenvalue weighted by Gasteiger charge is 2.31. The molecule has 1 aromatic heterocycles. The Balaban J connectivity index is 1.86. The van der Waals surface area contributed by atoms with Gasteiger partial charge in [0.25, 0.3) is 0 Å². The Hall–Kier alpha value is -1.78. The molecule has 5 nitrogen and oxygen atoms in total. The lowest BCUT2D eigenvalue weighted by Gasteiger charge is -2.42. The van der Waals surface area contributed by atoms with Crippen LogP contribution in [0.3, 0.4) is 0 Å². The molecule has 0 saturated carbocycles. The van der Waals surface area contributed by atoms with E-state index in [2.05, 4.69) is 31.0 Å². The molecule has 1 aromatic rings. The number of hydrogen-bond donors (Lipinski definition) is 1. The summed E-state index contributed by atoms with van der Waals surface area (Å²) in [6, 6.07) is 5.31. The molecule has 1 N–H and O–H groups in total. The van der Waals surface area contributed by atoms with Gasteiger partial charge >= 0.3 is 0 Å². The molecule has 0 bridgehead atoms. The van der Waals surface area contributed by atoms with E-state index in [4.69, 9.17) is 4.99 Å². The summed E-state index contributed by atoms with van der Waals surface area (Å²) >= 11 is 0. The summed E-state index contributed by atoms with van der Waals surface area (Å²) in [4.78, 5) is 19.0. The van der Waals surface area contributed by atoms with Crippen molar-refractivity contribution in [2.75, 3.05) is 26.2 Å². The number of aliphatic imine (C=N–C) groups is 1. The summed E-state index contributed by atoms with van der Waals surface area (Å²) in [7, 11) is 0. The number of pyridine rings is 1. The fraction of sp³-hybridized carbons (Fsp3) is 0.714. The van der Waals surface area contributed by atoms with Gasteiger partial charge in [-0.15, -0.1) is 0 Å². The number of piperidine rings is 1. The smallest absolute Gasteiger partial charge is 0.250 e. The van der Waals surface area contributed by atoms with Crippen molar-refractivity contribution in [2.24, 2.45) is 10.4 Å². The number of hydrogen-bond acceptors (Lipinski definition) is 2. The molecule has 1 saturated heterocycles. The molecule has 1 unspecified atom stereocenters. The first-order chi connectivity index (χ1) is 12.6. The number of nitrogens with one attached hydrogen (secondary N) is 1. The van der Waals surface area contributed by atoms with E-state index in [0.29, 0.717) is 5.41 Å². The molecule has 146 valence electrons. The Kier molecular flexibility index (Phi) is 8.20. The first kappa shape index (κ1) is 20.5. The number of aryl methyl sites for hydroxylation is 1. The van der Waals surface area contributed by atoms with Gasteiger partial charge in [0.05, 0.1) is 0 Å². The molecule has 2 heterocycles. The third-order valence-corrected chi connectivity index (χ3v) is 5.24. The van der Waals surface area contributed by atoms with Crippen molar-refractivity contribution in [3.63, 3.8) is 0 Å². The van der Waals surface area contributed by atoms with Gasteiger partial charge in [0.2, 0.25) is 5.56 Å². The number of aromatic nitrogens is 1. The van der Waals surface area contributed by atoms with E-state index in [9.17, 15) is 4.79 Å². The van der Waals surface area contributed by atoms with Crippen LogP contribution < -0.4 is 10.9 Å². The van der Waals surface area contributed by atoms with Gasteiger partial charge in [-0.1, -0.05) is 26.3 Å².